The summed E-state index contributed by atoms with van der Waals surface area (Å²) in [6.45, 7) is 0. The molecule has 0 aliphatic carbocycles. The number of carbonyl (C=O) groups is 1. The van der Waals surface area contributed by atoms with Crippen molar-refractivity contribution in [1.29, 1.82) is 5.26 Å². The molecule has 0 unspecified atom stereocenters. The summed E-state index contributed by atoms with van der Waals surface area (Å²) in [6, 6.07) is 11.5. The number of nitriles is 1. The van der Waals surface area contributed by atoms with E-state index < -0.39 is 5.91 Å². The zero-order chi connectivity index (χ0) is 14.7. The van der Waals surface area contributed by atoms with Gasteiger partial charge in [0.15, 0.2) is 0 Å². The van der Waals surface area contributed by atoms with Crippen LogP contribution >= 0.6 is 23.2 Å². The summed E-state index contributed by atoms with van der Waals surface area (Å²) in [5.74, 6) is -0.480. The number of rotatable bonds is 2. The highest BCUT2D eigenvalue weighted by atomic mass is 35.5. The van der Waals surface area contributed by atoms with Crippen molar-refractivity contribution < 1.29 is 4.79 Å². The number of nitrogens with one attached hydrogen (secondary N) is 1. The lowest BCUT2D eigenvalue weighted by atomic mass is 10.1. The van der Waals surface area contributed by atoms with Gasteiger partial charge in [-0.25, -0.2) is 0 Å². The summed E-state index contributed by atoms with van der Waals surface area (Å²) in [6.07, 6.45) is 0. The molecule has 0 atom stereocenters. The maximum Gasteiger partial charge on any atom is 0.257 e. The minimum atomic E-state index is -0.480. The first kappa shape index (κ1) is 14.2. The Kier molecular flexibility index (Phi) is 4.14. The van der Waals surface area contributed by atoms with Crippen LogP contribution in [0.25, 0.3) is 0 Å². The molecule has 0 heterocycles. The Morgan fingerprint density at radius 2 is 1.95 bits per heavy atom. The lowest BCUT2D eigenvalue weighted by molar-refractivity contribution is 0.102. The van der Waals surface area contributed by atoms with Gasteiger partial charge in [0.2, 0.25) is 0 Å². The molecule has 1 amide bonds. The van der Waals surface area contributed by atoms with Crippen LogP contribution in [-0.4, -0.2) is 5.91 Å². The van der Waals surface area contributed by atoms with Crippen molar-refractivity contribution in [2.24, 2.45) is 0 Å². The number of nitrogens with zero attached hydrogens (tertiary/aromatic N) is 1. The van der Waals surface area contributed by atoms with Crippen molar-refractivity contribution in [2.45, 2.75) is 0 Å². The minimum Gasteiger partial charge on any atom is -0.399 e. The monoisotopic (exact) mass is 305 g/mol. The summed E-state index contributed by atoms with van der Waals surface area (Å²) >= 11 is 11.9. The van der Waals surface area contributed by atoms with Crippen LogP contribution in [0.1, 0.15) is 15.9 Å². The summed E-state index contributed by atoms with van der Waals surface area (Å²) < 4.78 is 0. The molecule has 0 bridgehead atoms. The molecule has 2 aromatic carbocycles. The van der Waals surface area contributed by atoms with Crippen LogP contribution in [0.3, 0.4) is 0 Å². The van der Waals surface area contributed by atoms with Gasteiger partial charge in [0, 0.05) is 5.69 Å². The Bertz CT molecular complexity index is 723. The minimum absolute atomic E-state index is 0.118. The van der Waals surface area contributed by atoms with E-state index >= 15 is 0 Å². The Morgan fingerprint density at radius 3 is 2.65 bits per heavy atom. The Hall–Kier alpha value is -2.22. The highest BCUT2D eigenvalue weighted by Crippen LogP contribution is 2.29. The molecular formula is C14H9Cl2N3O. The van der Waals surface area contributed by atoms with Gasteiger partial charge < -0.3 is 11.1 Å². The zero-order valence-electron chi connectivity index (χ0n) is 10.2. The molecule has 0 radical (unpaired) electrons. The normalized spacial score (nSPS) is 9.85. The number of benzene rings is 2. The van der Waals surface area contributed by atoms with E-state index in [-0.39, 0.29) is 15.6 Å². The molecular weight excluding hydrogens is 297 g/mol. The summed E-state index contributed by atoms with van der Waals surface area (Å²) in [7, 11) is 0. The average molecular weight is 306 g/mol. The van der Waals surface area contributed by atoms with Gasteiger partial charge in [-0.1, -0.05) is 35.3 Å². The van der Waals surface area contributed by atoms with E-state index in [1.807, 2.05) is 6.07 Å². The van der Waals surface area contributed by atoms with Crippen LogP contribution in [-0.2, 0) is 0 Å². The standard InChI is InChI=1S/C14H9Cl2N3O/c15-11-6-9(18)5-10(13(11)16)14(20)19-12-4-2-1-3-8(12)7-17/h1-6H,18H2,(H,19,20). The van der Waals surface area contributed by atoms with Crippen LogP contribution in [0.4, 0.5) is 11.4 Å². The number of halogens is 2. The highest BCUT2D eigenvalue weighted by Gasteiger charge is 2.15. The zero-order valence-corrected chi connectivity index (χ0v) is 11.7. The molecule has 2 rings (SSSR count). The van der Waals surface area contributed by atoms with E-state index in [1.54, 1.807) is 24.3 Å². The van der Waals surface area contributed by atoms with Crippen molar-refractivity contribution in [3.63, 3.8) is 0 Å². The maximum absolute atomic E-state index is 12.2. The number of hydrogen-bond acceptors (Lipinski definition) is 3. The third kappa shape index (κ3) is 2.85. The predicted octanol–water partition coefficient (Wildman–Crippen LogP) is 3.70. The van der Waals surface area contributed by atoms with Gasteiger partial charge in [-0.2, -0.15) is 5.26 Å². The molecule has 0 saturated heterocycles. The van der Waals surface area contributed by atoms with Crippen LogP contribution in [0, 0.1) is 11.3 Å². The van der Waals surface area contributed by atoms with E-state index in [9.17, 15) is 4.79 Å². The predicted molar refractivity (Wildman–Crippen MR) is 80.0 cm³/mol. The van der Waals surface area contributed by atoms with Crippen LogP contribution < -0.4 is 11.1 Å². The molecule has 20 heavy (non-hydrogen) atoms. The quantitative estimate of drug-likeness (QED) is 0.830. The molecule has 0 aliphatic rings. The van der Waals surface area contributed by atoms with Crippen LogP contribution in [0.15, 0.2) is 36.4 Å². The Labute approximate surface area is 125 Å². The molecule has 100 valence electrons. The Balaban J connectivity index is 2.36. The largest absolute Gasteiger partial charge is 0.399 e. The number of amides is 1. The van der Waals surface area contributed by atoms with Gasteiger partial charge in [0.05, 0.1) is 26.9 Å². The fourth-order valence-electron chi connectivity index (χ4n) is 1.65. The summed E-state index contributed by atoms with van der Waals surface area (Å²) in [5.41, 5.74) is 6.88. The van der Waals surface area contributed by atoms with E-state index in [4.69, 9.17) is 34.2 Å². The molecule has 6 heteroatoms. The van der Waals surface area contributed by atoms with E-state index in [1.165, 1.54) is 12.1 Å². The average Bonchev–Trinajstić information content (AvgIpc) is 2.43. The number of anilines is 2. The van der Waals surface area contributed by atoms with Gasteiger partial charge in [-0.05, 0) is 24.3 Å². The van der Waals surface area contributed by atoms with Crippen molar-refractivity contribution >= 4 is 40.5 Å². The highest BCUT2D eigenvalue weighted by molar-refractivity contribution is 6.44. The first-order valence-electron chi connectivity index (χ1n) is 5.58. The topological polar surface area (TPSA) is 78.9 Å². The number of nitrogens with two attached hydrogens (primary N) is 1. The third-order valence-electron chi connectivity index (χ3n) is 2.59. The molecule has 0 aliphatic heterocycles. The molecule has 4 nitrogen and oxygen atoms in total. The summed E-state index contributed by atoms with van der Waals surface area (Å²) in [4.78, 5) is 12.2. The maximum atomic E-state index is 12.2. The second-order valence-corrected chi connectivity index (χ2v) is 4.76. The molecule has 2 aromatic rings. The van der Waals surface area contributed by atoms with Crippen molar-refractivity contribution in [2.75, 3.05) is 11.1 Å². The van der Waals surface area contributed by atoms with E-state index in [0.29, 0.717) is 16.9 Å². The molecule has 3 N–H and O–H groups in total. The molecule has 0 spiro atoms. The van der Waals surface area contributed by atoms with Crippen molar-refractivity contribution in [3.05, 3.63) is 57.6 Å². The van der Waals surface area contributed by atoms with E-state index in [2.05, 4.69) is 5.32 Å². The van der Waals surface area contributed by atoms with Gasteiger partial charge >= 0.3 is 0 Å². The van der Waals surface area contributed by atoms with Crippen molar-refractivity contribution in [3.8, 4) is 6.07 Å². The second kappa shape index (κ2) is 5.83. The fraction of sp³-hybridized carbons (Fsp3) is 0. The van der Waals surface area contributed by atoms with Crippen molar-refractivity contribution in [1.82, 2.24) is 0 Å². The second-order valence-electron chi connectivity index (χ2n) is 3.98. The summed E-state index contributed by atoms with van der Waals surface area (Å²) in [5, 5.41) is 11.9. The first-order chi connectivity index (χ1) is 9.52. The number of carbonyl (C=O) groups excluding carboxylic acids is 1. The molecule has 0 saturated carbocycles. The fourth-order valence-corrected chi connectivity index (χ4v) is 2.08. The SMILES string of the molecule is N#Cc1ccccc1NC(=O)c1cc(N)cc(Cl)c1Cl. The first-order valence-corrected chi connectivity index (χ1v) is 6.33. The van der Waals surface area contributed by atoms with Gasteiger partial charge in [0.25, 0.3) is 5.91 Å². The lowest BCUT2D eigenvalue weighted by Crippen LogP contribution is -2.14. The smallest absolute Gasteiger partial charge is 0.257 e. The number of hydrogen-bond donors (Lipinski definition) is 2. The van der Waals surface area contributed by atoms with Crippen LogP contribution in [0.2, 0.25) is 10.0 Å². The number of para-hydroxylation sites is 1. The lowest BCUT2D eigenvalue weighted by Gasteiger charge is -2.09. The van der Waals surface area contributed by atoms with E-state index in [0.717, 1.165) is 0 Å². The third-order valence-corrected chi connectivity index (χ3v) is 3.39. The van der Waals surface area contributed by atoms with Gasteiger partial charge in [-0.3, -0.25) is 4.79 Å². The van der Waals surface area contributed by atoms with Crippen LogP contribution in [0.5, 0.6) is 0 Å². The number of nitrogen functional groups attached to an aromatic ring is 1. The molecule has 0 fully saturated rings. The van der Waals surface area contributed by atoms with Gasteiger partial charge in [-0.15, -0.1) is 0 Å². The molecule has 0 aromatic heterocycles. The van der Waals surface area contributed by atoms with Gasteiger partial charge in [0.1, 0.15) is 6.07 Å². The Morgan fingerprint density at radius 1 is 1.25 bits per heavy atom.